The van der Waals surface area contributed by atoms with Crippen molar-refractivity contribution in [1.82, 2.24) is 5.32 Å². The molecule has 0 aliphatic carbocycles. The van der Waals surface area contributed by atoms with E-state index in [9.17, 15) is 14.0 Å². The minimum absolute atomic E-state index is 0.397. The van der Waals surface area contributed by atoms with Crippen molar-refractivity contribution < 1.29 is 19.1 Å². The molecule has 0 saturated carbocycles. The number of nitrogens with one attached hydrogen (secondary N) is 2. The third-order valence-electron chi connectivity index (χ3n) is 2.83. The number of halogens is 1. The Labute approximate surface area is 117 Å². The third kappa shape index (κ3) is 4.22. The lowest BCUT2D eigenvalue weighted by Gasteiger charge is -2.27. The van der Waals surface area contributed by atoms with Crippen molar-refractivity contribution in [2.45, 2.75) is 33.7 Å². The number of rotatable bonds is 3. The van der Waals surface area contributed by atoms with Crippen molar-refractivity contribution >= 4 is 17.7 Å². The highest BCUT2D eigenvalue weighted by atomic mass is 19.1. The monoisotopic (exact) mass is 282 g/mol. The fourth-order valence-corrected chi connectivity index (χ4v) is 1.71. The Morgan fingerprint density at radius 3 is 2.35 bits per heavy atom. The Bertz CT molecular complexity index is 524. The summed E-state index contributed by atoms with van der Waals surface area (Å²) in [5.74, 6) is -1.50. The topological polar surface area (TPSA) is 78.4 Å². The van der Waals surface area contributed by atoms with Gasteiger partial charge < -0.3 is 15.7 Å². The van der Waals surface area contributed by atoms with E-state index in [-0.39, 0.29) is 0 Å². The van der Waals surface area contributed by atoms with Gasteiger partial charge in [0.1, 0.15) is 11.9 Å². The van der Waals surface area contributed by atoms with Crippen LogP contribution in [0, 0.1) is 18.2 Å². The van der Waals surface area contributed by atoms with Crippen molar-refractivity contribution in [3.05, 3.63) is 29.6 Å². The van der Waals surface area contributed by atoms with Crippen molar-refractivity contribution in [2.75, 3.05) is 5.32 Å². The van der Waals surface area contributed by atoms with Gasteiger partial charge in [-0.05, 0) is 36.1 Å². The summed E-state index contributed by atoms with van der Waals surface area (Å²) in [6, 6.07) is 2.27. The molecule has 0 aliphatic rings. The van der Waals surface area contributed by atoms with Crippen LogP contribution in [0.15, 0.2) is 18.2 Å². The number of benzene rings is 1. The normalized spacial score (nSPS) is 12.7. The average molecular weight is 282 g/mol. The molecule has 1 rings (SSSR count). The maximum absolute atomic E-state index is 13.0. The van der Waals surface area contributed by atoms with E-state index >= 15 is 0 Å². The quantitative estimate of drug-likeness (QED) is 0.797. The third-order valence-corrected chi connectivity index (χ3v) is 2.83. The molecule has 1 aromatic carbocycles. The molecule has 0 radical (unpaired) electrons. The molecule has 1 aromatic rings. The predicted octanol–water partition coefficient (Wildman–Crippen LogP) is 2.75. The van der Waals surface area contributed by atoms with Crippen molar-refractivity contribution in [2.24, 2.45) is 5.41 Å². The van der Waals surface area contributed by atoms with Crippen LogP contribution in [-0.2, 0) is 4.79 Å². The number of amides is 2. The molecule has 0 aromatic heterocycles. The van der Waals surface area contributed by atoms with Gasteiger partial charge >= 0.3 is 12.0 Å². The van der Waals surface area contributed by atoms with Crippen LogP contribution in [0.2, 0.25) is 0 Å². The number of aryl methyl sites for hydroxylation is 1. The fourth-order valence-electron chi connectivity index (χ4n) is 1.71. The highest BCUT2D eigenvalue weighted by Gasteiger charge is 2.32. The molecule has 0 saturated heterocycles. The van der Waals surface area contributed by atoms with Crippen molar-refractivity contribution in [3.8, 4) is 0 Å². The van der Waals surface area contributed by atoms with Gasteiger partial charge in [-0.15, -0.1) is 0 Å². The van der Waals surface area contributed by atoms with E-state index in [1.807, 2.05) is 0 Å². The van der Waals surface area contributed by atoms with Crippen LogP contribution in [-0.4, -0.2) is 23.1 Å². The lowest BCUT2D eigenvalue weighted by Crippen LogP contribution is -2.50. The van der Waals surface area contributed by atoms with E-state index in [1.165, 1.54) is 18.2 Å². The molecule has 5 nitrogen and oxygen atoms in total. The molecular formula is C14H19FN2O3. The number of anilines is 1. The lowest BCUT2D eigenvalue weighted by molar-refractivity contribution is -0.141. The van der Waals surface area contributed by atoms with Gasteiger partial charge in [0.15, 0.2) is 0 Å². The summed E-state index contributed by atoms with van der Waals surface area (Å²) >= 11 is 0. The van der Waals surface area contributed by atoms with Crippen LogP contribution in [0.1, 0.15) is 26.3 Å². The van der Waals surface area contributed by atoms with Crippen LogP contribution in [0.3, 0.4) is 0 Å². The molecule has 6 heteroatoms. The molecule has 20 heavy (non-hydrogen) atoms. The molecule has 0 fully saturated rings. The maximum Gasteiger partial charge on any atom is 0.326 e. The van der Waals surface area contributed by atoms with Crippen LogP contribution >= 0.6 is 0 Å². The van der Waals surface area contributed by atoms with E-state index in [2.05, 4.69) is 10.6 Å². The van der Waals surface area contributed by atoms with Gasteiger partial charge in [-0.1, -0.05) is 20.8 Å². The first-order valence-corrected chi connectivity index (χ1v) is 6.17. The first-order valence-electron chi connectivity index (χ1n) is 6.17. The Morgan fingerprint density at radius 1 is 1.30 bits per heavy atom. The number of urea groups is 1. The number of carboxylic acids is 1. The molecule has 2 amide bonds. The SMILES string of the molecule is Cc1cc(F)ccc1NC(=O)N[C@@H](C(=O)O)C(C)(C)C. The standard InChI is InChI=1S/C14H19FN2O3/c1-8-7-9(15)5-6-10(8)16-13(20)17-11(12(18)19)14(2,3)4/h5-7,11H,1-4H3,(H,18,19)(H2,16,17,20)/t11-/m0/s1. The van der Waals surface area contributed by atoms with Crippen LogP contribution in [0.4, 0.5) is 14.9 Å². The molecule has 3 N–H and O–H groups in total. The molecule has 0 heterocycles. The number of hydrogen-bond acceptors (Lipinski definition) is 2. The van der Waals surface area contributed by atoms with Gasteiger partial charge in [0.25, 0.3) is 0 Å². The van der Waals surface area contributed by atoms with Gasteiger partial charge in [-0.3, -0.25) is 0 Å². The zero-order chi connectivity index (χ0) is 15.5. The summed E-state index contributed by atoms with van der Waals surface area (Å²) in [7, 11) is 0. The van der Waals surface area contributed by atoms with E-state index in [1.54, 1.807) is 27.7 Å². The van der Waals surface area contributed by atoms with Gasteiger partial charge in [0.2, 0.25) is 0 Å². The summed E-state index contributed by atoms with van der Waals surface area (Å²) < 4.78 is 13.0. The fraction of sp³-hybridized carbons (Fsp3) is 0.429. The zero-order valence-corrected chi connectivity index (χ0v) is 12.0. The Morgan fingerprint density at radius 2 is 1.90 bits per heavy atom. The minimum atomic E-state index is -1.11. The summed E-state index contributed by atoms with van der Waals surface area (Å²) in [6.07, 6.45) is 0. The predicted molar refractivity (Wildman–Crippen MR) is 74.2 cm³/mol. The molecule has 0 aliphatic heterocycles. The van der Waals surface area contributed by atoms with Crippen molar-refractivity contribution in [1.29, 1.82) is 0 Å². The van der Waals surface area contributed by atoms with Crippen molar-refractivity contribution in [3.63, 3.8) is 0 Å². The summed E-state index contributed by atoms with van der Waals surface area (Å²) in [5.41, 5.74) is 0.366. The molecular weight excluding hydrogens is 263 g/mol. The summed E-state index contributed by atoms with van der Waals surface area (Å²) in [4.78, 5) is 23.0. The first kappa shape index (κ1) is 15.9. The van der Waals surface area contributed by atoms with E-state index in [0.717, 1.165) is 0 Å². The molecule has 0 spiro atoms. The Kier molecular flexibility index (Phi) is 4.70. The van der Waals surface area contributed by atoms with E-state index < -0.39 is 29.3 Å². The minimum Gasteiger partial charge on any atom is -0.480 e. The number of carboxylic acid groups (broad SMARTS) is 1. The largest absolute Gasteiger partial charge is 0.480 e. The number of carbonyl (C=O) groups is 2. The molecule has 0 bridgehead atoms. The number of carbonyl (C=O) groups excluding carboxylic acids is 1. The van der Waals surface area contributed by atoms with Gasteiger partial charge in [0.05, 0.1) is 0 Å². The first-order chi connectivity index (χ1) is 9.11. The van der Waals surface area contributed by atoms with Crippen LogP contribution in [0.25, 0.3) is 0 Å². The lowest BCUT2D eigenvalue weighted by atomic mass is 9.87. The highest BCUT2D eigenvalue weighted by Crippen LogP contribution is 2.20. The van der Waals surface area contributed by atoms with E-state index in [4.69, 9.17) is 5.11 Å². The maximum atomic E-state index is 13.0. The average Bonchev–Trinajstić information content (AvgIpc) is 2.28. The Balaban J connectivity index is 2.79. The molecule has 110 valence electrons. The number of hydrogen-bond donors (Lipinski definition) is 3. The second-order valence-corrected chi connectivity index (χ2v) is 5.69. The smallest absolute Gasteiger partial charge is 0.326 e. The van der Waals surface area contributed by atoms with Crippen LogP contribution in [0.5, 0.6) is 0 Å². The molecule has 0 unspecified atom stereocenters. The Hall–Kier alpha value is -2.11. The summed E-state index contributed by atoms with van der Waals surface area (Å²) in [6.45, 7) is 6.80. The van der Waals surface area contributed by atoms with Gasteiger partial charge in [-0.2, -0.15) is 0 Å². The highest BCUT2D eigenvalue weighted by molar-refractivity contribution is 5.93. The molecule has 1 atom stereocenters. The van der Waals surface area contributed by atoms with Gasteiger partial charge in [0, 0.05) is 5.69 Å². The van der Waals surface area contributed by atoms with Gasteiger partial charge in [-0.25, -0.2) is 14.0 Å². The second-order valence-electron chi connectivity index (χ2n) is 5.69. The van der Waals surface area contributed by atoms with Crippen LogP contribution < -0.4 is 10.6 Å². The summed E-state index contributed by atoms with van der Waals surface area (Å²) in [5, 5.41) is 14.0. The zero-order valence-electron chi connectivity index (χ0n) is 12.0. The number of aliphatic carboxylic acids is 1. The van der Waals surface area contributed by atoms with E-state index in [0.29, 0.717) is 11.3 Å². The second kappa shape index (κ2) is 5.90.